The summed E-state index contributed by atoms with van der Waals surface area (Å²) in [5.41, 5.74) is 10.5. The molecule has 0 atom stereocenters. The van der Waals surface area contributed by atoms with E-state index in [9.17, 15) is 0 Å². The van der Waals surface area contributed by atoms with E-state index in [2.05, 4.69) is 23.7 Å². The molecular formula is C22H28N6O. The van der Waals surface area contributed by atoms with Crippen LogP contribution < -0.4 is 10.6 Å². The molecule has 152 valence electrons. The lowest BCUT2D eigenvalue weighted by Crippen LogP contribution is -2.48. The van der Waals surface area contributed by atoms with Crippen LogP contribution in [-0.2, 0) is 4.74 Å². The summed E-state index contributed by atoms with van der Waals surface area (Å²) in [6.07, 6.45) is 1.82. The van der Waals surface area contributed by atoms with Gasteiger partial charge < -0.3 is 20.8 Å². The molecule has 1 saturated heterocycles. The Morgan fingerprint density at radius 1 is 1.24 bits per heavy atom. The third-order valence-electron chi connectivity index (χ3n) is 5.31. The number of imidazole rings is 1. The smallest absolute Gasteiger partial charge is 0.154 e. The van der Waals surface area contributed by atoms with Gasteiger partial charge in [0.15, 0.2) is 5.65 Å². The minimum atomic E-state index is -0.199. The molecule has 0 bridgehead atoms. The molecule has 1 aliphatic heterocycles. The zero-order valence-electron chi connectivity index (χ0n) is 17.4. The van der Waals surface area contributed by atoms with Crippen LogP contribution in [0.1, 0.15) is 33.3 Å². The maximum atomic E-state index is 8.38. The largest absolute Gasteiger partial charge is 0.398 e. The van der Waals surface area contributed by atoms with E-state index in [0.717, 1.165) is 41.4 Å². The van der Waals surface area contributed by atoms with Gasteiger partial charge in [-0.3, -0.25) is 0 Å². The van der Waals surface area contributed by atoms with Crippen molar-refractivity contribution in [2.75, 3.05) is 30.3 Å². The fraction of sp³-hybridized carbons (Fsp3) is 0.409. The number of hydrogen-bond donors (Lipinski definition) is 2. The van der Waals surface area contributed by atoms with Crippen LogP contribution >= 0.6 is 0 Å². The second-order valence-electron chi connectivity index (χ2n) is 8.51. The van der Waals surface area contributed by atoms with Gasteiger partial charge in [-0.2, -0.15) is 0 Å². The highest BCUT2D eigenvalue weighted by atomic mass is 16.5. The Hall–Kier alpha value is -2.93. The molecule has 0 saturated carbocycles. The fourth-order valence-electron chi connectivity index (χ4n) is 3.70. The Balaban J connectivity index is 1.76. The van der Waals surface area contributed by atoms with Crippen molar-refractivity contribution < 1.29 is 4.74 Å². The summed E-state index contributed by atoms with van der Waals surface area (Å²) >= 11 is 0. The Morgan fingerprint density at radius 2 is 2.03 bits per heavy atom. The summed E-state index contributed by atoms with van der Waals surface area (Å²) in [5, 5.41) is 13.3. The van der Waals surface area contributed by atoms with Crippen LogP contribution in [-0.4, -0.2) is 45.6 Å². The Labute approximate surface area is 171 Å². The topological polar surface area (TPSA) is 92.5 Å². The Kier molecular flexibility index (Phi) is 4.78. The number of hydrogen-bond acceptors (Lipinski definition) is 6. The zero-order chi connectivity index (χ0) is 20.8. The summed E-state index contributed by atoms with van der Waals surface area (Å²) in [6.45, 7) is 10.5. The minimum absolute atomic E-state index is 0.101. The van der Waals surface area contributed by atoms with E-state index in [0.29, 0.717) is 18.0 Å². The van der Waals surface area contributed by atoms with Crippen LogP contribution in [0, 0.1) is 11.3 Å². The van der Waals surface area contributed by atoms with Crippen LogP contribution in [0.3, 0.4) is 0 Å². The van der Waals surface area contributed by atoms with Crippen molar-refractivity contribution >= 4 is 22.9 Å². The molecule has 3 heterocycles. The first kappa shape index (κ1) is 19.4. The normalized spacial score (nSPS) is 16.5. The van der Waals surface area contributed by atoms with Gasteiger partial charge in [0.25, 0.3) is 0 Å². The highest BCUT2D eigenvalue weighted by molar-refractivity contribution is 6.04. The number of anilines is 2. The lowest BCUT2D eigenvalue weighted by Gasteiger charge is -2.38. The molecule has 7 heteroatoms. The van der Waals surface area contributed by atoms with Crippen LogP contribution in [0.2, 0.25) is 0 Å². The standard InChI is InChI=1S/C22H28N6O/c1-14(2)21(24)16-11-15(5-6-17(16)23)18-12-25-19-7-8-20(26-28(18)19)27-9-10-29-22(3,4)13-27/h5-8,11-12,14,24H,9-10,13,23H2,1-4H3. The van der Waals surface area contributed by atoms with Crippen LogP contribution in [0.25, 0.3) is 16.9 Å². The lowest BCUT2D eigenvalue weighted by atomic mass is 9.96. The van der Waals surface area contributed by atoms with E-state index in [1.165, 1.54) is 0 Å². The number of fused-ring (bicyclic) bond motifs is 1. The summed E-state index contributed by atoms with van der Waals surface area (Å²) in [6, 6.07) is 9.78. The van der Waals surface area contributed by atoms with E-state index in [1.54, 1.807) is 0 Å². The van der Waals surface area contributed by atoms with Gasteiger partial charge in [0, 0.05) is 35.6 Å². The average Bonchev–Trinajstić information content (AvgIpc) is 3.10. The maximum Gasteiger partial charge on any atom is 0.154 e. The zero-order valence-corrected chi connectivity index (χ0v) is 17.4. The molecule has 0 unspecified atom stereocenters. The quantitative estimate of drug-likeness (QED) is 0.523. The molecule has 0 aliphatic carbocycles. The number of nitrogens with two attached hydrogens (primary N) is 1. The molecule has 3 aromatic rings. The number of aromatic nitrogens is 3. The second-order valence-corrected chi connectivity index (χ2v) is 8.51. The van der Waals surface area contributed by atoms with E-state index in [1.807, 2.05) is 54.9 Å². The third-order valence-corrected chi connectivity index (χ3v) is 5.31. The molecule has 1 aliphatic rings. The van der Waals surface area contributed by atoms with Gasteiger partial charge in [0.2, 0.25) is 0 Å². The SMILES string of the molecule is CC(C)C(=N)c1cc(-c2cnc3ccc(N4CCOC(C)(C)C4)nn23)ccc1N. The van der Waals surface area contributed by atoms with Crippen molar-refractivity contribution in [2.45, 2.75) is 33.3 Å². The molecule has 1 aromatic carbocycles. The number of morpholine rings is 1. The molecule has 0 radical (unpaired) electrons. The minimum Gasteiger partial charge on any atom is -0.398 e. The lowest BCUT2D eigenvalue weighted by molar-refractivity contribution is -0.0279. The van der Waals surface area contributed by atoms with Crippen molar-refractivity contribution in [3.8, 4) is 11.3 Å². The first-order valence-corrected chi connectivity index (χ1v) is 9.97. The molecule has 0 spiro atoms. The summed E-state index contributed by atoms with van der Waals surface area (Å²) in [4.78, 5) is 6.76. The second kappa shape index (κ2) is 7.15. The van der Waals surface area contributed by atoms with Crippen molar-refractivity contribution in [2.24, 2.45) is 5.92 Å². The van der Waals surface area contributed by atoms with Gasteiger partial charge in [-0.05, 0) is 44.0 Å². The Bertz CT molecular complexity index is 1070. The van der Waals surface area contributed by atoms with Crippen molar-refractivity contribution in [1.29, 1.82) is 5.41 Å². The van der Waals surface area contributed by atoms with E-state index < -0.39 is 0 Å². The first-order chi connectivity index (χ1) is 13.7. The van der Waals surface area contributed by atoms with Gasteiger partial charge >= 0.3 is 0 Å². The van der Waals surface area contributed by atoms with Gasteiger partial charge in [0.1, 0.15) is 5.82 Å². The highest BCUT2D eigenvalue weighted by Gasteiger charge is 2.28. The summed E-state index contributed by atoms with van der Waals surface area (Å²) in [7, 11) is 0. The number of benzene rings is 1. The van der Waals surface area contributed by atoms with Gasteiger partial charge in [0.05, 0.1) is 24.1 Å². The van der Waals surface area contributed by atoms with Crippen molar-refractivity contribution in [3.63, 3.8) is 0 Å². The van der Waals surface area contributed by atoms with E-state index >= 15 is 0 Å². The van der Waals surface area contributed by atoms with Crippen molar-refractivity contribution in [1.82, 2.24) is 14.6 Å². The van der Waals surface area contributed by atoms with Crippen molar-refractivity contribution in [3.05, 3.63) is 42.1 Å². The molecule has 7 nitrogen and oxygen atoms in total. The van der Waals surface area contributed by atoms with Gasteiger partial charge in [-0.1, -0.05) is 19.9 Å². The molecule has 0 amide bonds. The third kappa shape index (κ3) is 3.70. The molecule has 1 fully saturated rings. The Morgan fingerprint density at radius 3 is 2.76 bits per heavy atom. The monoisotopic (exact) mass is 392 g/mol. The van der Waals surface area contributed by atoms with Crippen LogP contribution in [0.5, 0.6) is 0 Å². The average molecular weight is 393 g/mol. The maximum absolute atomic E-state index is 8.38. The predicted molar refractivity (Wildman–Crippen MR) is 117 cm³/mol. The van der Waals surface area contributed by atoms with E-state index in [4.69, 9.17) is 21.0 Å². The predicted octanol–water partition coefficient (Wildman–Crippen LogP) is 3.62. The van der Waals surface area contributed by atoms with Crippen LogP contribution in [0.15, 0.2) is 36.5 Å². The summed E-state index contributed by atoms with van der Waals surface area (Å²) in [5.74, 6) is 1.00. The number of rotatable bonds is 4. The number of nitrogens with zero attached hydrogens (tertiary/aromatic N) is 4. The fourth-order valence-corrected chi connectivity index (χ4v) is 3.70. The molecule has 4 rings (SSSR count). The molecule has 3 N–H and O–H groups in total. The summed E-state index contributed by atoms with van der Waals surface area (Å²) < 4.78 is 7.70. The first-order valence-electron chi connectivity index (χ1n) is 9.97. The highest BCUT2D eigenvalue weighted by Crippen LogP contribution is 2.27. The molecule has 29 heavy (non-hydrogen) atoms. The number of nitrogens with one attached hydrogen (secondary N) is 1. The number of ether oxygens (including phenoxy) is 1. The molecule has 2 aromatic heterocycles. The van der Waals surface area contributed by atoms with Gasteiger partial charge in [-0.15, -0.1) is 5.10 Å². The van der Waals surface area contributed by atoms with Crippen LogP contribution in [0.4, 0.5) is 11.5 Å². The molecular weight excluding hydrogens is 364 g/mol. The van der Waals surface area contributed by atoms with E-state index in [-0.39, 0.29) is 11.5 Å². The van der Waals surface area contributed by atoms with Gasteiger partial charge in [-0.25, -0.2) is 9.50 Å². The number of nitrogen functional groups attached to an aromatic ring is 1.